The van der Waals surface area contributed by atoms with E-state index in [-0.39, 0.29) is 0 Å². The minimum atomic E-state index is 0.645. The van der Waals surface area contributed by atoms with Crippen molar-refractivity contribution in [2.75, 3.05) is 13.7 Å². The van der Waals surface area contributed by atoms with Crippen molar-refractivity contribution >= 4 is 15.9 Å². The van der Waals surface area contributed by atoms with Crippen LogP contribution in [0.4, 0.5) is 0 Å². The zero-order valence-electron chi connectivity index (χ0n) is 7.06. The summed E-state index contributed by atoms with van der Waals surface area (Å²) >= 11 is 3.36. The van der Waals surface area contributed by atoms with E-state index in [0.29, 0.717) is 12.4 Å². The molecule has 1 radical (unpaired) electrons. The van der Waals surface area contributed by atoms with Gasteiger partial charge in [0.25, 0.3) is 0 Å². The second-order valence-electron chi connectivity index (χ2n) is 2.12. The van der Waals surface area contributed by atoms with Crippen LogP contribution in [0.3, 0.4) is 0 Å². The first-order valence-corrected chi connectivity index (χ1v) is 4.45. The van der Waals surface area contributed by atoms with E-state index in [1.165, 1.54) is 0 Å². The monoisotopic (exact) mass is 229 g/mol. The fourth-order valence-electron chi connectivity index (χ4n) is 0.857. The van der Waals surface area contributed by atoms with Crippen LogP contribution in [0.15, 0.2) is 16.6 Å². The van der Waals surface area contributed by atoms with Crippen molar-refractivity contribution in [2.24, 2.45) is 0 Å². The van der Waals surface area contributed by atoms with Crippen LogP contribution >= 0.6 is 15.9 Å². The van der Waals surface area contributed by atoms with Crippen molar-refractivity contribution in [1.29, 1.82) is 0 Å². The Bertz CT molecular complexity index is 261. The van der Waals surface area contributed by atoms with Crippen LogP contribution in [0.1, 0.15) is 6.92 Å². The van der Waals surface area contributed by atoms with Gasteiger partial charge in [-0.3, -0.25) is 0 Å². The van der Waals surface area contributed by atoms with E-state index in [1.807, 2.05) is 13.0 Å². The van der Waals surface area contributed by atoms with E-state index in [1.54, 1.807) is 13.2 Å². The highest BCUT2D eigenvalue weighted by molar-refractivity contribution is 9.10. The fourth-order valence-corrected chi connectivity index (χ4v) is 1.38. The average molecular weight is 230 g/mol. The molecule has 1 aromatic rings. The van der Waals surface area contributed by atoms with Crippen molar-refractivity contribution in [1.82, 2.24) is 0 Å². The molecule has 0 spiro atoms. The van der Waals surface area contributed by atoms with Gasteiger partial charge in [-0.05, 0) is 35.0 Å². The predicted octanol–water partition coefficient (Wildman–Crippen LogP) is 2.66. The molecule has 0 heterocycles. The third-order valence-corrected chi connectivity index (χ3v) is 2.12. The number of rotatable bonds is 3. The summed E-state index contributed by atoms with van der Waals surface area (Å²) in [4.78, 5) is 0. The molecule has 0 N–H and O–H groups in total. The van der Waals surface area contributed by atoms with Crippen LogP contribution in [0.2, 0.25) is 0 Å². The van der Waals surface area contributed by atoms with Gasteiger partial charge >= 0.3 is 0 Å². The van der Waals surface area contributed by atoms with E-state index >= 15 is 0 Å². The average Bonchev–Trinajstić information content (AvgIpc) is 2.09. The summed E-state index contributed by atoms with van der Waals surface area (Å²) in [6.45, 7) is 2.58. The Hall–Kier alpha value is -0.700. The number of methoxy groups -OCH3 is 1. The van der Waals surface area contributed by atoms with Crippen molar-refractivity contribution in [3.8, 4) is 11.5 Å². The summed E-state index contributed by atoms with van der Waals surface area (Å²) in [5.74, 6) is 1.45. The maximum Gasteiger partial charge on any atom is 0.144 e. The molecule has 0 unspecified atom stereocenters. The van der Waals surface area contributed by atoms with E-state index in [2.05, 4.69) is 22.0 Å². The molecule has 3 heteroatoms. The number of hydrogen-bond acceptors (Lipinski definition) is 2. The molecule has 0 bridgehead atoms. The standard InChI is InChI=1S/C9H10BrO2/c1-3-12-8-6-4-5-7(11-2)9(8)10/h4,6H,3H2,1-2H3. The Morgan fingerprint density at radius 3 is 2.92 bits per heavy atom. The van der Waals surface area contributed by atoms with Gasteiger partial charge in [-0.1, -0.05) is 0 Å². The topological polar surface area (TPSA) is 18.5 Å². The predicted molar refractivity (Wildman–Crippen MR) is 50.7 cm³/mol. The lowest BCUT2D eigenvalue weighted by molar-refractivity contribution is 0.333. The second kappa shape index (κ2) is 4.36. The van der Waals surface area contributed by atoms with Gasteiger partial charge in [0.2, 0.25) is 0 Å². The summed E-state index contributed by atoms with van der Waals surface area (Å²) in [5.41, 5.74) is 0. The van der Waals surface area contributed by atoms with Crippen LogP contribution in [-0.4, -0.2) is 13.7 Å². The molecule has 0 atom stereocenters. The molecule has 65 valence electrons. The van der Waals surface area contributed by atoms with Gasteiger partial charge in [-0.15, -0.1) is 0 Å². The van der Waals surface area contributed by atoms with E-state index in [0.717, 1.165) is 10.2 Å². The third kappa shape index (κ3) is 1.91. The first-order chi connectivity index (χ1) is 5.79. The Morgan fingerprint density at radius 2 is 2.33 bits per heavy atom. The van der Waals surface area contributed by atoms with Crippen LogP contribution in [0.5, 0.6) is 11.5 Å². The maximum atomic E-state index is 5.33. The van der Waals surface area contributed by atoms with Gasteiger partial charge in [0.1, 0.15) is 16.0 Å². The molecule has 0 fully saturated rings. The third-order valence-electron chi connectivity index (χ3n) is 1.37. The summed E-state index contributed by atoms with van der Waals surface area (Å²) in [6, 6.07) is 6.55. The molecule has 0 saturated carbocycles. The molecular weight excluding hydrogens is 220 g/mol. The summed E-state index contributed by atoms with van der Waals surface area (Å²) in [5, 5.41) is 0. The minimum absolute atomic E-state index is 0.645. The van der Waals surface area contributed by atoms with Crippen molar-refractivity contribution in [2.45, 2.75) is 6.92 Å². The zero-order chi connectivity index (χ0) is 8.97. The molecule has 0 aliphatic heterocycles. The van der Waals surface area contributed by atoms with Crippen LogP contribution in [-0.2, 0) is 0 Å². The molecule has 0 aliphatic carbocycles. The minimum Gasteiger partial charge on any atom is -0.495 e. The molecule has 0 aromatic heterocycles. The number of ether oxygens (including phenoxy) is 2. The lowest BCUT2D eigenvalue weighted by atomic mass is 10.3. The van der Waals surface area contributed by atoms with Crippen molar-refractivity contribution < 1.29 is 9.47 Å². The van der Waals surface area contributed by atoms with Crippen molar-refractivity contribution in [3.63, 3.8) is 0 Å². The van der Waals surface area contributed by atoms with E-state index < -0.39 is 0 Å². The summed E-state index contributed by atoms with van der Waals surface area (Å²) < 4.78 is 11.2. The Morgan fingerprint density at radius 1 is 1.58 bits per heavy atom. The van der Waals surface area contributed by atoms with Crippen molar-refractivity contribution in [3.05, 3.63) is 22.7 Å². The summed E-state index contributed by atoms with van der Waals surface area (Å²) in [6.07, 6.45) is 0. The molecule has 1 rings (SSSR count). The highest BCUT2D eigenvalue weighted by Crippen LogP contribution is 2.33. The number of hydrogen-bond donors (Lipinski definition) is 0. The van der Waals surface area contributed by atoms with Gasteiger partial charge in [0.05, 0.1) is 13.7 Å². The molecule has 12 heavy (non-hydrogen) atoms. The van der Waals surface area contributed by atoms with Gasteiger partial charge in [0, 0.05) is 6.07 Å². The number of halogens is 1. The zero-order valence-corrected chi connectivity index (χ0v) is 8.64. The highest BCUT2D eigenvalue weighted by Gasteiger charge is 2.05. The fraction of sp³-hybridized carbons (Fsp3) is 0.333. The SMILES string of the molecule is CCOc1cc[c]c(OC)c1Br. The lowest BCUT2D eigenvalue weighted by Crippen LogP contribution is -1.93. The molecule has 0 saturated heterocycles. The normalized spacial score (nSPS) is 9.58. The Labute approximate surface area is 80.6 Å². The van der Waals surface area contributed by atoms with E-state index in [9.17, 15) is 0 Å². The van der Waals surface area contributed by atoms with Gasteiger partial charge in [-0.25, -0.2) is 0 Å². The molecule has 0 amide bonds. The molecule has 0 aliphatic rings. The molecular formula is C9H10BrO2. The summed E-state index contributed by atoms with van der Waals surface area (Å²) in [7, 11) is 1.60. The highest BCUT2D eigenvalue weighted by atomic mass is 79.9. The van der Waals surface area contributed by atoms with E-state index in [4.69, 9.17) is 9.47 Å². The smallest absolute Gasteiger partial charge is 0.144 e. The maximum absolute atomic E-state index is 5.33. The second-order valence-corrected chi connectivity index (χ2v) is 2.92. The number of benzene rings is 1. The van der Waals surface area contributed by atoms with Gasteiger partial charge in [-0.2, -0.15) is 0 Å². The largest absolute Gasteiger partial charge is 0.495 e. The Balaban J connectivity index is 2.97. The quantitative estimate of drug-likeness (QED) is 0.794. The first kappa shape index (κ1) is 9.39. The van der Waals surface area contributed by atoms with Gasteiger partial charge in [0.15, 0.2) is 0 Å². The molecule has 2 nitrogen and oxygen atoms in total. The first-order valence-electron chi connectivity index (χ1n) is 3.66. The van der Waals surface area contributed by atoms with Gasteiger partial charge < -0.3 is 9.47 Å². The van der Waals surface area contributed by atoms with Crippen LogP contribution in [0.25, 0.3) is 0 Å². The lowest BCUT2D eigenvalue weighted by Gasteiger charge is -2.08. The van der Waals surface area contributed by atoms with Crippen LogP contribution < -0.4 is 9.47 Å². The Kier molecular flexibility index (Phi) is 3.41. The van der Waals surface area contributed by atoms with Crippen LogP contribution in [0, 0.1) is 6.07 Å². The molecule has 1 aromatic carbocycles.